The quantitative estimate of drug-likeness (QED) is 0.745. The second-order valence-electron chi connectivity index (χ2n) is 5.92. The van der Waals surface area contributed by atoms with E-state index in [1.807, 2.05) is 12.1 Å². The molecule has 0 spiro atoms. The third-order valence-corrected chi connectivity index (χ3v) is 5.40. The van der Waals surface area contributed by atoms with Crippen molar-refractivity contribution in [3.63, 3.8) is 0 Å². The van der Waals surface area contributed by atoms with Gasteiger partial charge in [-0.3, -0.25) is 9.69 Å². The van der Waals surface area contributed by atoms with Crippen molar-refractivity contribution in [2.24, 2.45) is 0 Å². The highest BCUT2D eigenvalue weighted by Gasteiger charge is 2.24. The maximum atomic E-state index is 12.5. The molecule has 0 aliphatic carbocycles. The van der Waals surface area contributed by atoms with E-state index in [2.05, 4.69) is 15.0 Å². The summed E-state index contributed by atoms with van der Waals surface area (Å²) >= 11 is 7.04. The van der Waals surface area contributed by atoms with Gasteiger partial charge < -0.3 is 14.8 Å². The SMILES string of the molecule is O=C(NCC(c1ccc(Cl)cc1)N1CCOCC1)c1sccc1OC(F)F. The first kappa shape index (κ1) is 20.0. The lowest BCUT2D eigenvalue weighted by Crippen LogP contribution is -2.43. The minimum atomic E-state index is -2.97. The van der Waals surface area contributed by atoms with Gasteiger partial charge in [0.15, 0.2) is 0 Å². The van der Waals surface area contributed by atoms with E-state index in [9.17, 15) is 13.6 Å². The molecule has 0 radical (unpaired) electrons. The van der Waals surface area contributed by atoms with Crippen molar-refractivity contribution < 1.29 is 23.0 Å². The average Bonchev–Trinajstić information content (AvgIpc) is 3.11. The zero-order valence-electron chi connectivity index (χ0n) is 14.4. The second-order valence-corrected chi connectivity index (χ2v) is 7.27. The van der Waals surface area contributed by atoms with Crippen molar-refractivity contribution in [2.45, 2.75) is 12.7 Å². The topological polar surface area (TPSA) is 50.8 Å². The summed E-state index contributed by atoms with van der Waals surface area (Å²) in [6.45, 7) is 0.0716. The van der Waals surface area contributed by atoms with Crippen molar-refractivity contribution in [3.05, 3.63) is 51.2 Å². The van der Waals surface area contributed by atoms with E-state index in [0.717, 1.165) is 30.0 Å². The minimum Gasteiger partial charge on any atom is -0.433 e. The molecule has 3 rings (SSSR count). The Morgan fingerprint density at radius 1 is 1.26 bits per heavy atom. The van der Waals surface area contributed by atoms with Gasteiger partial charge in [-0.15, -0.1) is 11.3 Å². The first-order chi connectivity index (χ1) is 13.0. The van der Waals surface area contributed by atoms with Gasteiger partial charge in [0.1, 0.15) is 10.6 Å². The van der Waals surface area contributed by atoms with E-state index in [0.29, 0.717) is 24.8 Å². The van der Waals surface area contributed by atoms with Gasteiger partial charge in [-0.05, 0) is 29.1 Å². The second kappa shape index (κ2) is 9.45. The van der Waals surface area contributed by atoms with Gasteiger partial charge in [-0.1, -0.05) is 23.7 Å². The molecule has 2 aromatic rings. The number of thiophene rings is 1. The largest absolute Gasteiger partial charge is 0.433 e. The number of amides is 1. The van der Waals surface area contributed by atoms with Gasteiger partial charge in [0, 0.05) is 24.7 Å². The molecule has 1 aromatic heterocycles. The number of morpholine rings is 1. The molecule has 0 saturated carbocycles. The van der Waals surface area contributed by atoms with Crippen LogP contribution in [-0.4, -0.2) is 50.3 Å². The van der Waals surface area contributed by atoms with Crippen molar-refractivity contribution in [1.82, 2.24) is 10.2 Å². The van der Waals surface area contributed by atoms with Gasteiger partial charge in [0.25, 0.3) is 5.91 Å². The Morgan fingerprint density at radius 2 is 1.96 bits per heavy atom. The molecule has 5 nitrogen and oxygen atoms in total. The highest BCUT2D eigenvalue weighted by atomic mass is 35.5. The number of hydrogen-bond acceptors (Lipinski definition) is 5. The third-order valence-electron chi connectivity index (χ3n) is 4.25. The standard InChI is InChI=1S/C18H19ClF2N2O3S/c19-13-3-1-12(2-4-13)14(23-6-8-25-9-7-23)11-22-17(24)16-15(5-10-27-16)26-18(20)21/h1-5,10,14,18H,6-9,11H2,(H,22,24). The molecule has 1 unspecified atom stereocenters. The van der Waals surface area contributed by atoms with Crippen molar-refractivity contribution in [3.8, 4) is 5.75 Å². The molecule has 1 fully saturated rings. The molecule has 27 heavy (non-hydrogen) atoms. The molecule has 0 bridgehead atoms. The van der Waals surface area contributed by atoms with E-state index < -0.39 is 12.5 Å². The Morgan fingerprint density at radius 3 is 2.63 bits per heavy atom. The van der Waals surface area contributed by atoms with E-state index in [4.69, 9.17) is 16.3 Å². The van der Waals surface area contributed by atoms with Crippen LogP contribution in [0.2, 0.25) is 5.02 Å². The fourth-order valence-corrected chi connectivity index (χ4v) is 3.82. The Hall–Kier alpha value is -1.74. The molecular weight excluding hydrogens is 398 g/mol. The molecule has 9 heteroatoms. The van der Waals surface area contributed by atoms with Crippen molar-refractivity contribution in [2.75, 3.05) is 32.8 Å². The average molecular weight is 417 g/mol. The normalized spacial score (nSPS) is 16.3. The summed E-state index contributed by atoms with van der Waals surface area (Å²) in [6.07, 6.45) is 0. The van der Waals surface area contributed by atoms with Crippen molar-refractivity contribution in [1.29, 1.82) is 0 Å². The summed E-state index contributed by atoms with van der Waals surface area (Å²) in [5, 5.41) is 5.02. The zero-order chi connectivity index (χ0) is 19.2. The number of nitrogens with zero attached hydrogens (tertiary/aromatic N) is 1. The van der Waals surface area contributed by atoms with Gasteiger partial charge in [-0.2, -0.15) is 8.78 Å². The van der Waals surface area contributed by atoms with Crippen LogP contribution in [0.5, 0.6) is 5.75 Å². The lowest BCUT2D eigenvalue weighted by Gasteiger charge is -2.35. The molecule has 1 aliphatic rings. The van der Waals surface area contributed by atoms with E-state index in [1.54, 1.807) is 17.5 Å². The Bertz CT molecular complexity index is 751. The molecule has 146 valence electrons. The van der Waals surface area contributed by atoms with Crippen LogP contribution in [-0.2, 0) is 4.74 Å². The summed E-state index contributed by atoms with van der Waals surface area (Å²) in [5.74, 6) is -0.546. The van der Waals surface area contributed by atoms with Gasteiger partial charge >= 0.3 is 6.61 Å². The van der Waals surface area contributed by atoms with Crippen LogP contribution in [0, 0.1) is 0 Å². The third kappa shape index (κ3) is 5.38. The monoisotopic (exact) mass is 416 g/mol. The Balaban J connectivity index is 1.71. The number of nitrogens with one attached hydrogen (secondary N) is 1. The Kier molecular flexibility index (Phi) is 7.01. The molecule has 1 atom stereocenters. The number of halogens is 3. The molecular formula is C18H19ClF2N2O3S. The molecule has 1 N–H and O–H groups in total. The van der Waals surface area contributed by atoms with Crippen LogP contribution in [0.3, 0.4) is 0 Å². The number of alkyl halides is 2. The van der Waals surface area contributed by atoms with Crippen LogP contribution in [0.4, 0.5) is 8.78 Å². The molecule has 1 aromatic carbocycles. The molecule has 1 amide bonds. The van der Waals surface area contributed by atoms with E-state index in [-0.39, 0.29) is 16.7 Å². The molecule has 2 heterocycles. The first-order valence-electron chi connectivity index (χ1n) is 8.42. The van der Waals surface area contributed by atoms with Gasteiger partial charge in [-0.25, -0.2) is 0 Å². The lowest BCUT2D eigenvalue weighted by atomic mass is 10.0. The summed E-state index contributed by atoms with van der Waals surface area (Å²) in [6, 6.07) is 8.75. The van der Waals surface area contributed by atoms with Gasteiger partial charge in [0.05, 0.1) is 19.3 Å². The summed E-state index contributed by atoms with van der Waals surface area (Å²) in [7, 11) is 0. The highest BCUT2D eigenvalue weighted by molar-refractivity contribution is 7.12. The maximum Gasteiger partial charge on any atom is 0.387 e. The number of benzene rings is 1. The van der Waals surface area contributed by atoms with Gasteiger partial charge in [0.2, 0.25) is 0 Å². The highest BCUT2D eigenvalue weighted by Crippen LogP contribution is 2.27. The van der Waals surface area contributed by atoms with E-state index in [1.165, 1.54) is 6.07 Å². The summed E-state index contributed by atoms with van der Waals surface area (Å²) < 4.78 is 34.8. The van der Waals surface area contributed by atoms with Crippen LogP contribution < -0.4 is 10.1 Å². The number of carbonyl (C=O) groups excluding carboxylic acids is 1. The fraction of sp³-hybridized carbons (Fsp3) is 0.389. The first-order valence-corrected chi connectivity index (χ1v) is 9.68. The van der Waals surface area contributed by atoms with Crippen LogP contribution in [0.25, 0.3) is 0 Å². The number of hydrogen-bond donors (Lipinski definition) is 1. The van der Waals surface area contributed by atoms with Crippen LogP contribution in [0.1, 0.15) is 21.3 Å². The predicted octanol–water partition coefficient (Wildman–Crippen LogP) is 3.81. The number of ether oxygens (including phenoxy) is 2. The number of rotatable bonds is 7. The molecule has 1 saturated heterocycles. The predicted molar refractivity (Wildman–Crippen MR) is 99.9 cm³/mol. The maximum absolute atomic E-state index is 12.5. The fourth-order valence-electron chi connectivity index (χ4n) is 2.95. The van der Waals surface area contributed by atoms with E-state index >= 15 is 0 Å². The summed E-state index contributed by atoms with van der Waals surface area (Å²) in [4.78, 5) is 14.8. The minimum absolute atomic E-state index is 0.0745. The molecule has 1 aliphatic heterocycles. The van der Waals surface area contributed by atoms with Crippen molar-refractivity contribution >= 4 is 28.8 Å². The Labute approximate surface area is 164 Å². The van der Waals surface area contributed by atoms with Crippen LogP contribution in [0.15, 0.2) is 35.7 Å². The lowest BCUT2D eigenvalue weighted by molar-refractivity contribution is -0.0498. The summed E-state index contributed by atoms with van der Waals surface area (Å²) in [5.41, 5.74) is 1.01. The zero-order valence-corrected chi connectivity index (χ0v) is 15.9. The van der Waals surface area contributed by atoms with Crippen LogP contribution >= 0.6 is 22.9 Å². The smallest absolute Gasteiger partial charge is 0.387 e. The number of carbonyl (C=O) groups is 1.